The number of hydrogen-bond acceptors (Lipinski definition) is 4. The first-order chi connectivity index (χ1) is 9.28. The first kappa shape index (κ1) is 11.8. The molecule has 1 N–H and O–H groups in total. The second kappa shape index (κ2) is 4.75. The molecule has 1 aliphatic rings. The molecular weight excluding hydrogens is 260 g/mol. The summed E-state index contributed by atoms with van der Waals surface area (Å²) < 4.78 is 11.5. The minimum atomic E-state index is 0.440. The first-order valence-electron chi connectivity index (χ1n) is 5.81. The average Bonchev–Trinajstić information content (AvgIpc) is 2.46. The molecular formula is C14H10N2O2S. The summed E-state index contributed by atoms with van der Waals surface area (Å²) in [6.45, 7) is 1.13. The van der Waals surface area contributed by atoms with E-state index in [0.29, 0.717) is 23.4 Å². The molecule has 2 aromatic rings. The summed E-state index contributed by atoms with van der Waals surface area (Å²) in [5, 5.41) is 8.86. The van der Waals surface area contributed by atoms with Crippen molar-refractivity contribution >= 4 is 12.2 Å². The van der Waals surface area contributed by atoms with Crippen LogP contribution in [0.4, 0.5) is 0 Å². The van der Waals surface area contributed by atoms with Gasteiger partial charge >= 0.3 is 0 Å². The summed E-state index contributed by atoms with van der Waals surface area (Å²) in [7, 11) is 0. The highest BCUT2D eigenvalue weighted by molar-refractivity contribution is 7.71. The average molecular weight is 270 g/mol. The van der Waals surface area contributed by atoms with Crippen LogP contribution in [0.5, 0.6) is 11.5 Å². The smallest absolute Gasteiger partial charge is 0.162 e. The summed E-state index contributed by atoms with van der Waals surface area (Å²) in [5.74, 6) is 1.48. The molecule has 0 bridgehead atoms. The highest BCUT2D eigenvalue weighted by atomic mass is 32.1. The molecule has 19 heavy (non-hydrogen) atoms. The van der Waals surface area contributed by atoms with E-state index < -0.39 is 0 Å². The lowest BCUT2D eigenvalue weighted by Gasteiger charge is -2.18. The molecule has 0 atom stereocenters. The largest absolute Gasteiger partial charge is 0.486 e. The third kappa shape index (κ3) is 2.18. The summed E-state index contributed by atoms with van der Waals surface area (Å²) >= 11 is 5.13. The Morgan fingerprint density at radius 3 is 2.63 bits per heavy atom. The first-order valence-corrected chi connectivity index (χ1v) is 6.22. The van der Waals surface area contributed by atoms with Crippen molar-refractivity contribution in [1.29, 1.82) is 5.26 Å². The number of ether oxygens (including phenoxy) is 2. The molecule has 5 heteroatoms. The number of aromatic nitrogens is 1. The monoisotopic (exact) mass is 270 g/mol. The van der Waals surface area contributed by atoms with E-state index in [-0.39, 0.29) is 0 Å². The second-order valence-electron chi connectivity index (χ2n) is 4.09. The van der Waals surface area contributed by atoms with Crippen LogP contribution in [0.2, 0.25) is 0 Å². The van der Waals surface area contributed by atoms with E-state index in [1.54, 1.807) is 6.07 Å². The highest BCUT2D eigenvalue weighted by Gasteiger charge is 2.12. The van der Waals surface area contributed by atoms with Gasteiger partial charge in [-0.25, -0.2) is 0 Å². The molecule has 94 valence electrons. The molecule has 0 spiro atoms. The Morgan fingerprint density at radius 2 is 1.89 bits per heavy atom. The maximum atomic E-state index is 8.86. The molecule has 0 saturated carbocycles. The van der Waals surface area contributed by atoms with E-state index in [1.807, 2.05) is 30.3 Å². The van der Waals surface area contributed by atoms with Crippen molar-refractivity contribution in [1.82, 2.24) is 4.98 Å². The molecule has 0 amide bonds. The summed E-state index contributed by atoms with van der Waals surface area (Å²) in [5.41, 5.74) is 2.26. The summed E-state index contributed by atoms with van der Waals surface area (Å²) in [6, 6.07) is 11.3. The lowest BCUT2D eigenvalue weighted by Crippen LogP contribution is -2.15. The van der Waals surface area contributed by atoms with Crippen molar-refractivity contribution in [3.05, 3.63) is 40.5 Å². The normalized spacial score (nSPS) is 12.8. The number of rotatable bonds is 1. The number of nitrogens with one attached hydrogen (secondary N) is 1. The molecule has 4 nitrogen and oxygen atoms in total. The van der Waals surface area contributed by atoms with E-state index in [2.05, 4.69) is 4.98 Å². The van der Waals surface area contributed by atoms with Crippen LogP contribution in [0.1, 0.15) is 5.56 Å². The van der Waals surface area contributed by atoms with Crippen LogP contribution >= 0.6 is 12.2 Å². The second-order valence-corrected chi connectivity index (χ2v) is 4.49. The number of nitrogens with zero attached hydrogens (tertiary/aromatic N) is 1. The van der Waals surface area contributed by atoms with Gasteiger partial charge in [0.05, 0.1) is 5.56 Å². The third-order valence-corrected chi connectivity index (χ3v) is 3.21. The van der Waals surface area contributed by atoms with Crippen molar-refractivity contribution in [3.8, 4) is 28.8 Å². The van der Waals surface area contributed by atoms with Crippen LogP contribution < -0.4 is 9.47 Å². The molecule has 1 aliphatic heterocycles. The van der Waals surface area contributed by atoms with Crippen molar-refractivity contribution in [2.45, 2.75) is 0 Å². The zero-order chi connectivity index (χ0) is 13.2. The van der Waals surface area contributed by atoms with E-state index in [0.717, 1.165) is 22.8 Å². The minimum absolute atomic E-state index is 0.440. The molecule has 0 radical (unpaired) electrons. The van der Waals surface area contributed by atoms with Crippen LogP contribution in [0.25, 0.3) is 11.3 Å². The lowest BCUT2D eigenvalue weighted by molar-refractivity contribution is 0.171. The molecule has 0 fully saturated rings. The van der Waals surface area contributed by atoms with E-state index in [9.17, 15) is 0 Å². The van der Waals surface area contributed by atoms with Gasteiger partial charge in [0.2, 0.25) is 0 Å². The Morgan fingerprint density at radius 1 is 1.11 bits per heavy atom. The minimum Gasteiger partial charge on any atom is -0.486 e. The van der Waals surface area contributed by atoms with Gasteiger partial charge in [0.1, 0.15) is 23.9 Å². The quantitative estimate of drug-likeness (QED) is 0.809. The molecule has 1 aromatic heterocycles. The molecule has 1 aromatic carbocycles. The van der Waals surface area contributed by atoms with Crippen molar-refractivity contribution in [2.24, 2.45) is 0 Å². The number of aromatic amines is 1. The van der Waals surface area contributed by atoms with Crippen LogP contribution in [0.3, 0.4) is 0 Å². The fourth-order valence-corrected chi connectivity index (χ4v) is 2.16. The Bertz CT molecular complexity index is 731. The van der Waals surface area contributed by atoms with Gasteiger partial charge in [0.15, 0.2) is 11.5 Å². The topological polar surface area (TPSA) is 58.0 Å². The molecule has 3 rings (SSSR count). The van der Waals surface area contributed by atoms with Crippen LogP contribution in [-0.4, -0.2) is 18.2 Å². The number of nitriles is 1. The molecule has 0 aliphatic carbocycles. The zero-order valence-electron chi connectivity index (χ0n) is 9.97. The Kier molecular flexibility index (Phi) is 2.94. The molecule has 2 heterocycles. The molecule has 0 saturated heterocycles. The van der Waals surface area contributed by atoms with Gasteiger partial charge in [-0.05, 0) is 30.3 Å². The van der Waals surface area contributed by atoms with Gasteiger partial charge in [0, 0.05) is 11.3 Å². The van der Waals surface area contributed by atoms with Crippen LogP contribution in [-0.2, 0) is 0 Å². The Hall–Kier alpha value is -2.32. The van der Waals surface area contributed by atoms with Crippen molar-refractivity contribution in [2.75, 3.05) is 13.2 Å². The summed E-state index contributed by atoms with van der Waals surface area (Å²) in [4.78, 5) is 3.05. The highest BCUT2D eigenvalue weighted by Crippen LogP contribution is 2.33. The number of hydrogen-bond donors (Lipinski definition) is 1. The Balaban J connectivity index is 2.05. The maximum absolute atomic E-state index is 8.86. The predicted molar refractivity (Wildman–Crippen MR) is 72.8 cm³/mol. The number of benzene rings is 1. The number of pyridine rings is 1. The summed E-state index contributed by atoms with van der Waals surface area (Å²) in [6.07, 6.45) is 0. The van der Waals surface area contributed by atoms with Crippen LogP contribution in [0.15, 0.2) is 30.3 Å². The predicted octanol–water partition coefficient (Wildman–Crippen LogP) is 3.05. The van der Waals surface area contributed by atoms with Gasteiger partial charge in [-0.15, -0.1) is 0 Å². The van der Waals surface area contributed by atoms with Crippen molar-refractivity contribution in [3.63, 3.8) is 0 Å². The fourth-order valence-electron chi connectivity index (χ4n) is 1.94. The van der Waals surface area contributed by atoms with Gasteiger partial charge in [-0.2, -0.15) is 5.26 Å². The Labute approximate surface area is 115 Å². The van der Waals surface area contributed by atoms with Gasteiger partial charge < -0.3 is 14.5 Å². The van der Waals surface area contributed by atoms with E-state index in [4.69, 9.17) is 27.0 Å². The van der Waals surface area contributed by atoms with Gasteiger partial charge in [0.25, 0.3) is 0 Å². The van der Waals surface area contributed by atoms with Crippen LogP contribution in [0, 0.1) is 16.0 Å². The SMILES string of the molecule is N#Cc1ccc(-c2ccc3c(c2)OCCO3)[nH]c1=S. The fraction of sp³-hybridized carbons (Fsp3) is 0.143. The van der Waals surface area contributed by atoms with Gasteiger partial charge in [-0.3, -0.25) is 0 Å². The maximum Gasteiger partial charge on any atom is 0.162 e. The third-order valence-electron chi connectivity index (χ3n) is 2.88. The van der Waals surface area contributed by atoms with E-state index >= 15 is 0 Å². The van der Waals surface area contributed by atoms with Crippen molar-refractivity contribution < 1.29 is 9.47 Å². The standard InChI is InChI=1S/C14H10N2O2S/c15-8-10-1-3-11(16-14(10)19)9-2-4-12-13(7-9)18-6-5-17-12/h1-4,7H,5-6H2,(H,16,19). The van der Waals surface area contributed by atoms with E-state index in [1.165, 1.54) is 0 Å². The molecule has 0 unspecified atom stereocenters. The van der Waals surface area contributed by atoms with Gasteiger partial charge in [-0.1, -0.05) is 12.2 Å². The number of fused-ring (bicyclic) bond motifs is 1. The number of H-pyrrole nitrogens is 1. The lowest BCUT2D eigenvalue weighted by atomic mass is 10.1. The zero-order valence-corrected chi connectivity index (χ0v) is 10.8.